The summed E-state index contributed by atoms with van der Waals surface area (Å²) in [5, 5.41) is 10.8. The molecule has 1 aliphatic heterocycles. The number of hydrogen-bond donors (Lipinski definition) is 1. The Morgan fingerprint density at radius 3 is 1.83 bits per heavy atom. The van der Waals surface area contributed by atoms with Gasteiger partial charge in [0.05, 0.1) is 24.5 Å². The zero-order valence-corrected chi connectivity index (χ0v) is 25.3. The van der Waals surface area contributed by atoms with Gasteiger partial charge in [-0.2, -0.15) is 0 Å². The molecule has 1 atom stereocenters. The minimum absolute atomic E-state index is 0.173. The summed E-state index contributed by atoms with van der Waals surface area (Å²) < 4.78 is 6.55. The second kappa shape index (κ2) is 11.3. The van der Waals surface area contributed by atoms with Crippen LogP contribution < -0.4 is 0 Å². The molecule has 0 aromatic rings. The molecule has 0 amide bonds. The van der Waals surface area contributed by atoms with Gasteiger partial charge in [-0.3, -0.25) is 0 Å². The second-order valence-corrected chi connectivity index (χ2v) is 26.2. The molecule has 1 aliphatic rings. The minimum atomic E-state index is -1.82. The van der Waals surface area contributed by atoms with Crippen molar-refractivity contribution in [2.75, 3.05) is 18.1 Å². The molecular weight excluding hydrogens is 441 g/mol. The van der Waals surface area contributed by atoms with E-state index in [0.717, 1.165) is 23.0 Å². The molecule has 0 bridgehead atoms. The molecule has 1 N–H and O–H groups in total. The molecule has 1 fully saturated rings. The molecule has 1 heterocycles. The van der Waals surface area contributed by atoms with Crippen LogP contribution in [0.3, 0.4) is 0 Å². The van der Waals surface area contributed by atoms with Crippen LogP contribution >= 0.6 is 23.5 Å². The Labute approximate surface area is 198 Å². The van der Waals surface area contributed by atoms with Gasteiger partial charge in [0.1, 0.15) is 0 Å². The van der Waals surface area contributed by atoms with Crippen molar-refractivity contribution in [1.29, 1.82) is 0 Å². The molecule has 1 rings (SSSR count). The predicted octanol–water partition coefficient (Wildman–Crippen LogP) is 8.10. The molecule has 0 saturated carbocycles. The standard InChI is InChI=1S/C24H50O2S2Si2/c1-19(2)30(20(3)4,21(5)6)24(27-16-13-17-28-24)15-12-14-22(25)18-26-29(10,11)23(7,8)9/h12,14,19-22,25H,13,15-18H2,1-11H3/b14-12+/t22-/m0/s1. The summed E-state index contributed by atoms with van der Waals surface area (Å²) in [6.07, 6.45) is 6.19. The average Bonchev–Trinajstić information content (AvgIpc) is 2.59. The summed E-state index contributed by atoms with van der Waals surface area (Å²) in [6.45, 7) is 26.6. The SMILES string of the molecule is CC(C)[Si](C(C)C)(C(C)C)C1(C/C=C/[C@H](O)CO[Si](C)(C)C(C)(C)C)SCCCS1. The summed E-state index contributed by atoms with van der Waals surface area (Å²) in [5.41, 5.74) is 2.24. The van der Waals surface area contributed by atoms with Gasteiger partial charge in [-0.25, -0.2) is 0 Å². The van der Waals surface area contributed by atoms with E-state index in [1.54, 1.807) is 0 Å². The van der Waals surface area contributed by atoms with Gasteiger partial charge in [-0.05, 0) is 59.1 Å². The fourth-order valence-electron chi connectivity index (χ4n) is 5.38. The normalized spacial score (nSPS) is 20.0. The lowest BCUT2D eigenvalue weighted by Crippen LogP contribution is -2.61. The van der Waals surface area contributed by atoms with Crippen molar-refractivity contribution < 1.29 is 9.53 Å². The Kier molecular flexibility index (Phi) is 10.8. The Hall–Kier alpha value is 0.794. The largest absolute Gasteiger partial charge is 0.414 e. The fraction of sp³-hybridized carbons (Fsp3) is 0.917. The van der Waals surface area contributed by atoms with Gasteiger partial charge in [-0.1, -0.05) is 74.5 Å². The van der Waals surface area contributed by atoms with Crippen molar-refractivity contribution >= 4 is 39.9 Å². The lowest BCUT2D eigenvalue weighted by atomic mass is 10.2. The second-order valence-electron chi connectivity index (χ2n) is 11.5. The molecule has 0 radical (unpaired) electrons. The van der Waals surface area contributed by atoms with Gasteiger partial charge in [0.25, 0.3) is 0 Å². The van der Waals surface area contributed by atoms with Crippen LogP contribution in [0.2, 0.25) is 34.8 Å². The van der Waals surface area contributed by atoms with Crippen LogP contribution in [0, 0.1) is 0 Å². The summed E-state index contributed by atoms with van der Waals surface area (Å²) >= 11 is 4.49. The Morgan fingerprint density at radius 2 is 1.43 bits per heavy atom. The van der Waals surface area contributed by atoms with Crippen LogP contribution in [0.4, 0.5) is 0 Å². The topological polar surface area (TPSA) is 29.5 Å². The van der Waals surface area contributed by atoms with E-state index in [1.165, 1.54) is 17.9 Å². The van der Waals surface area contributed by atoms with Crippen molar-refractivity contribution in [2.24, 2.45) is 0 Å². The van der Waals surface area contributed by atoms with E-state index in [2.05, 4.69) is 105 Å². The van der Waals surface area contributed by atoms with Crippen LogP contribution in [0.1, 0.15) is 75.2 Å². The maximum atomic E-state index is 10.6. The van der Waals surface area contributed by atoms with E-state index in [1.807, 2.05) is 6.08 Å². The third-order valence-corrected chi connectivity index (χ3v) is 25.4. The van der Waals surface area contributed by atoms with E-state index < -0.39 is 22.5 Å². The van der Waals surface area contributed by atoms with E-state index in [0.29, 0.717) is 10.3 Å². The minimum Gasteiger partial charge on any atom is -0.414 e. The van der Waals surface area contributed by atoms with Crippen molar-refractivity contribution in [3.63, 3.8) is 0 Å². The molecule has 0 unspecified atom stereocenters. The highest BCUT2D eigenvalue weighted by atomic mass is 32.2. The van der Waals surface area contributed by atoms with Crippen molar-refractivity contribution in [3.05, 3.63) is 12.2 Å². The quantitative estimate of drug-likeness (QED) is 0.247. The highest BCUT2D eigenvalue weighted by Gasteiger charge is 2.59. The highest BCUT2D eigenvalue weighted by Crippen LogP contribution is 2.61. The van der Waals surface area contributed by atoms with E-state index in [-0.39, 0.29) is 5.04 Å². The molecule has 178 valence electrons. The predicted molar refractivity (Wildman–Crippen MR) is 146 cm³/mol. The molecule has 30 heavy (non-hydrogen) atoms. The number of hydrogen-bond acceptors (Lipinski definition) is 4. The van der Waals surface area contributed by atoms with Gasteiger partial charge >= 0.3 is 0 Å². The monoisotopic (exact) mass is 490 g/mol. The summed E-state index contributed by atoms with van der Waals surface area (Å²) in [4.78, 5) is 0. The van der Waals surface area contributed by atoms with Crippen molar-refractivity contribution in [2.45, 2.75) is 120 Å². The van der Waals surface area contributed by atoms with Crippen LogP contribution in [-0.2, 0) is 4.43 Å². The van der Waals surface area contributed by atoms with Crippen molar-refractivity contribution in [3.8, 4) is 0 Å². The van der Waals surface area contributed by atoms with Gasteiger partial charge in [0, 0.05) is 0 Å². The number of aliphatic hydroxyl groups excluding tert-OH is 1. The van der Waals surface area contributed by atoms with Crippen LogP contribution in [-0.4, -0.2) is 49.4 Å². The third kappa shape index (κ3) is 6.22. The number of rotatable bonds is 10. The lowest BCUT2D eigenvalue weighted by molar-refractivity contribution is 0.135. The Balaban J connectivity index is 3.03. The lowest BCUT2D eigenvalue weighted by Gasteiger charge is -2.57. The number of thioether (sulfide) groups is 2. The highest BCUT2D eigenvalue weighted by molar-refractivity contribution is 8.21. The Morgan fingerprint density at radius 1 is 0.967 bits per heavy atom. The first-order valence-electron chi connectivity index (χ1n) is 11.9. The average molecular weight is 491 g/mol. The molecular formula is C24H50O2S2Si2. The first-order chi connectivity index (χ1) is 13.6. The smallest absolute Gasteiger partial charge is 0.192 e. The molecule has 1 saturated heterocycles. The van der Waals surface area contributed by atoms with Crippen molar-refractivity contribution in [1.82, 2.24) is 0 Å². The maximum absolute atomic E-state index is 10.6. The molecule has 0 spiro atoms. The maximum Gasteiger partial charge on any atom is 0.192 e. The van der Waals surface area contributed by atoms with Gasteiger partial charge in [0.15, 0.2) is 8.32 Å². The molecule has 6 heteroatoms. The van der Waals surface area contributed by atoms with E-state index in [4.69, 9.17) is 4.43 Å². The fourth-order valence-corrected chi connectivity index (χ4v) is 23.1. The van der Waals surface area contributed by atoms with Gasteiger partial charge in [0.2, 0.25) is 0 Å². The number of allylic oxidation sites excluding steroid dienone is 1. The summed E-state index contributed by atoms with van der Waals surface area (Å²) in [6, 6.07) is 0. The van der Waals surface area contributed by atoms with Gasteiger partial charge in [-0.15, -0.1) is 23.5 Å². The van der Waals surface area contributed by atoms with Crippen LogP contribution in [0.5, 0.6) is 0 Å². The summed E-state index contributed by atoms with van der Waals surface area (Å²) in [7, 11) is -3.48. The first-order valence-corrected chi connectivity index (χ1v) is 19.0. The van der Waals surface area contributed by atoms with Crippen LogP contribution in [0.25, 0.3) is 0 Å². The first kappa shape index (κ1) is 28.8. The summed E-state index contributed by atoms with van der Waals surface area (Å²) in [5.74, 6) is 2.55. The molecule has 2 nitrogen and oxygen atoms in total. The van der Waals surface area contributed by atoms with E-state index in [9.17, 15) is 5.11 Å². The van der Waals surface area contributed by atoms with Gasteiger partial charge < -0.3 is 9.53 Å². The molecule has 0 aromatic heterocycles. The number of aliphatic hydroxyl groups is 1. The zero-order chi connectivity index (χ0) is 23.4. The third-order valence-electron chi connectivity index (χ3n) is 7.65. The zero-order valence-electron chi connectivity index (χ0n) is 21.7. The van der Waals surface area contributed by atoms with Crippen LogP contribution in [0.15, 0.2) is 12.2 Å². The van der Waals surface area contributed by atoms with E-state index >= 15 is 0 Å². The molecule has 0 aromatic carbocycles. The molecule has 0 aliphatic carbocycles. The Bertz CT molecular complexity index is 526.